The van der Waals surface area contributed by atoms with Crippen molar-refractivity contribution in [3.8, 4) is 17.5 Å². The van der Waals surface area contributed by atoms with Crippen LogP contribution in [0.4, 0.5) is 4.79 Å². The van der Waals surface area contributed by atoms with Crippen molar-refractivity contribution in [1.29, 1.82) is 5.26 Å². The first kappa shape index (κ1) is 27.5. The van der Waals surface area contributed by atoms with Gasteiger partial charge in [-0.15, -0.1) is 10.2 Å². The molecule has 2 bridgehead atoms. The van der Waals surface area contributed by atoms with Gasteiger partial charge in [-0.1, -0.05) is 24.3 Å². The molecule has 0 spiro atoms. The average molecular weight is 550 g/mol. The number of hydrogen-bond acceptors (Lipinski definition) is 9. The number of ether oxygens (including phenoxy) is 1. The van der Waals surface area contributed by atoms with E-state index in [1.54, 1.807) is 20.8 Å². The van der Waals surface area contributed by atoms with Crippen molar-refractivity contribution in [2.24, 2.45) is 0 Å². The van der Waals surface area contributed by atoms with E-state index in [0.29, 0.717) is 31.8 Å². The molecule has 4 heterocycles. The number of rotatable bonds is 7. The lowest BCUT2D eigenvalue weighted by molar-refractivity contribution is -0.141. The van der Waals surface area contributed by atoms with Gasteiger partial charge in [0.25, 0.3) is 0 Å². The quantitative estimate of drug-likeness (QED) is 0.523. The lowest BCUT2D eigenvalue weighted by Gasteiger charge is -2.39. The number of carbonyl (C=O) groups excluding carboxylic acids is 3. The molecule has 5 atom stereocenters. The highest BCUT2D eigenvalue weighted by atomic mass is 16.6. The molecule has 2 aromatic rings. The van der Waals surface area contributed by atoms with Crippen LogP contribution in [0, 0.1) is 11.3 Å². The normalized spacial score (nSPS) is 24.2. The van der Waals surface area contributed by atoms with Crippen molar-refractivity contribution in [1.82, 2.24) is 40.6 Å². The van der Waals surface area contributed by atoms with Crippen LogP contribution >= 0.6 is 0 Å². The van der Waals surface area contributed by atoms with Gasteiger partial charge in [-0.25, -0.2) is 4.79 Å². The monoisotopic (exact) mass is 549 g/mol. The number of nitrogens with one attached hydrogen (secondary N) is 2. The van der Waals surface area contributed by atoms with E-state index in [-0.39, 0.29) is 36.5 Å². The maximum absolute atomic E-state index is 13.6. The Morgan fingerprint density at radius 3 is 2.65 bits per heavy atom. The van der Waals surface area contributed by atoms with Gasteiger partial charge in [0.15, 0.2) is 0 Å². The zero-order valence-corrected chi connectivity index (χ0v) is 23.2. The summed E-state index contributed by atoms with van der Waals surface area (Å²) in [6, 6.07) is 7.96. The number of carbonyl (C=O) groups is 3. The highest BCUT2D eigenvalue weighted by molar-refractivity contribution is 5.88. The van der Waals surface area contributed by atoms with Gasteiger partial charge < -0.3 is 19.9 Å². The Balaban J connectivity index is 1.27. The lowest BCUT2D eigenvalue weighted by Crippen LogP contribution is -2.59. The molecule has 3 aliphatic heterocycles. The fourth-order valence-electron chi connectivity index (χ4n) is 5.99. The molecule has 3 unspecified atom stereocenters. The lowest BCUT2D eigenvalue weighted by atomic mass is 10.0. The summed E-state index contributed by atoms with van der Waals surface area (Å²) in [5, 5.41) is 26.3. The van der Waals surface area contributed by atoms with Gasteiger partial charge in [-0.2, -0.15) is 10.5 Å². The topological polar surface area (TPSA) is 160 Å². The van der Waals surface area contributed by atoms with Crippen molar-refractivity contribution >= 4 is 17.9 Å². The summed E-state index contributed by atoms with van der Waals surface area (Å²) in [5.41, 5.74) is 1.09. The fourth-order valence-corrected chi connectivity index (χ4v) is 5.99. The van der Waals surface area contributed by atoms with Gasteiger partial charge in [0.1, 0.15) is 17.7 Å². The first-order chi connectivity index (χ1) is 19.1. The van der Waals surface area contributed by atoms with Crippen molar-refractivity contribution in [2.75, 3.05) is 19.6 Å². The molecule has 1 aromatic heterocycles. The largest absolute Gasteiger partial charge is 0.444 e. The number of fused-ring (bicyclic) bond motifs is 2. The van der Waals surface area contributed by atoms with Crippen LogP contribution in [-0.4, -0.2) is 103 Å². The van der Waals surface area contributed by atoms with Gasteiger partial charge in [0, 0.05) is 31.2 Å². The molecule has 3 amide bonds. The number of aromatic nitrogens is 4. The van der Waals surface area contributed by atoms with Gasteiger partial charge in [0.2, 0.25) is 17.6 Å². The average Bonchev–Trinajstić information content (AvgIpc) is 3.71. The number of benzene rings is 1. The van der Waals surface area contributed by atoms with Crippen LogP contribution in [0.3, 0.4) is 0 Å². The van der Waals surface area contributed by atoms with Gasteiger partial charge in [-0.05, 0) is 57.7 Å². The Kier molecular flexibility index (Phi) is 7.46. The van der Waals surface area contributed by atoms with Crippen LogP contribution in [0.2, 0.25) is 0 Å². The molecule has 40 heavy (non-hydrogen) atoms. The second-order valence-electron chi connectivity index (χ2n) is 11.7. The number of nitrogens with zero attached hydrogens (tertiary/aromatic N) is 7. The van der Waals surface area contributed by atoms with Crippen molar-refractivity contribution in [2.45, 2.75) is 82.8 Å². The molecule has 3 fully saturated rings. The molecular weight excluding hydrogens is 514 g/mol. The summed E-state index contributed by atoms with van der Waals surface area (Å²) in [4.78, 5) is 45.2. The van der Waals surface area contributed by atoms with Crippen molar-refractivity contribution in [3.63, 3.8) is 0 Å². The number of nitriles is 1. The Morgan fingerprint density at radius 2 is 2.02 bits per heavy atom. The summed E-state index contributed by atoms with van der Waals surface area (Å²) < 4.78 is 5.42. The first-order valence-corrected chi connectivity index (χ1v) is 13.7. The summed E-state index contributed by atoms with van der Waals surface area (Å²) in [6.45, 7) is 8.49. The van der Waals surface area contributed by atoms with E-state index in [1.165, 1.54) is 4.90 Å². The Morgan fingerprint density at radius 1 is 1.27 bits per heavy atom. The second kappa shape index (κ2) is 10.8. The Labute approximate surface area is 232 Å². The molecule has 0 saturated carbocycles. The number of amides is 3. The van der Waals surface area contributed by atoms with E-state index in [4.69, 9.17) is 4.74 Å². The Hall–Kier alpha value is -4.05. The molecule has 13 heteroatoms. The zero-order valence-electron chi connectivity index (χ0n) is 23.2. The molecule has 3 aliphatic rings. The number of aromatic amines is 1. The van der Waals surface area contributed by atoms with E-state index in [2.05, 4.69) is 32.0 Å². The van der Waals surface area contributed by atoms with Crippen molar-refractivity contribution in [3.05, 3.63) is 29.8 Å². The smallest absolute Gasteiger partial charge is 0.408 e. The van der Waals surface area contributed by atoms with E-state index in [0.717, 1.165) is 17.5 Å². The third kappa shape index (κ3) is 5.49. The van der Waals surface area contributed by atoms with Gasteiger partial charge >= 0.3 is 6.09 Å². The number of alkyl carbamates (subject to hydrolysis) is 1. The van der Waals surface area contributed by atoms with Crippen LogP contribution in [0.25, 0.3) is 11.4 Å². The summed E-state index contributed by atoms with van der Waals surface area (Å²) >= 11 is 0. The van der Waals surface area contributed by atoms with E-state index < -0.39 is 23.8 Å². The summed E-state index contributed by atoms with van der Waals surface area (Å²) in [5.74, 6) is 0.188. The van der Waals surface area contributed by atoms with Crippen LogP contribution in [0.1, 0.15) is 58.6 Å². The van der Waals surface area contributed by atoms with Crippen LogP contribution in [0.15, 0.2) is 24.3 Å². The Bertz CT molecular complexity index is 1280. The number of H-pyrrole nitrogens is 1. The van der Waals surface area contributed by atoms with Gasteiger partial charge in [-0.3, -0.25) is 14.5 Å². The minimum Gasteiger partial charge on any atom is -0.444 e. The number of hydrogen-bond donors (Lipinski definition) is 2. The van der Waals surface area contributed by atoms with E-state index in [1.807, 2.05) is 41.0 Å². The van der Waals surface area contributed by atoms with Crippen LogP contribution in [-0.2, 0) is 14.3 Å². The predicted molar refractivity (Wildman–Crippen MR) is 142 cm³/mol. The molecular formula is C27H35N9O4. The number of tetrazole rings is 1. The SMILES string of the molecule is C[C@@H](c1ccc(-c2nn[nH]n2)cc1)N1C(=O)C2C[C@H]1CN2CC(NC(=O)OC(C)(C)C)C(=O)N1CCCC1C#N. The fraction of sp³-hybridized carbons (Fsp3) is 0.593. The number of piperazine rings is 1. The van der Waals surface area contributed by atoms with Crippen LogP contribution in [0.5, 0.6) is 0 Å². The van der Waals surface area contributed by atoms with Crippen LogP contribution < -0.4 is 5.32 Å². The van der Waals surface area contributed by atoms with Gasteiger partial charge in [0.05, 0.1) is 18.2 Å². The number of likely N-dealkylation sites (tertiary alicyclic amines) is 3. The third-order valence-corrected chi connectivity index (χ3v) is 7.82. The molecule has 5 rings (SSSR count). The van der Waals surface area contributed by atoms with Crippen molar-refractivity contribution < 1.29 is 19.1 Å². The molecule has 212 valence electrons. The standard InChI is InChI=1S/C27H35N9O4/c1-16(17-7-9-18(10-8-17)23-30-32-33-31-23)36-20-12-22(25(36)38)34(14-20)15-21(29-26(39)40-27(2,3)4)24(37)35-11-5-6-19(35)13-28/h7-10,16,19-22H,5-6,11-12,14-15H2,1-4H3,(H,29,39)(H,30,31,32,33)/t16-,19?,20-,21?,22?/m0/s1. The molecule has 2 N–H and O–H groups in total. The minimum atomic E-state index is -0.931. The highest BCUT2D eigenvalue weighted by Crippen LogP contribution is 2.38. The predicted octanol–water partition coefficient (Wildman–Crippen LogP) is 1.62. The molecule has 13 nitrogen and oxygen atoms in total. The highest BCUT2D eigenvalue weighted by Gasteiger charge is 2.52. The third-order valence-electron chi connectivity index (χ3n) is 7.82. The van der Waals surface area contributed by atoms with E-state index in [9.17, 15) is 19.6 Å². The molecule has 0 radical (unpaired) electrons. The first-order valence-electron chi connectivity index (χ1n) is 13.7. The molecule has 1 aromatic carbocycles. The second-order valence-corrected chi connectivity index (χ2v) is 11.7. The maximum atomic E-state index is 13.6. The zero-order chi connectivity index (χ0) is 28.6. The van der Waals surface area contributed by atoms with E-state index >= 15 is 0 Å². The molecule has 0 aliphatic carbocycles. The minimum absolute atomic E-state index is 0.00513. The maximum Gasteiger partial charge on any atom is 0.408 e. The summed E-state index contributed by atoms with van der Waals surface area (Å²) in [7, 11) is 0. The molecule has 3 saturated heterocycles. The summed E-state index contributed by atoms with van der Waals surface area (Å²) in [6.07, 6.45) is 1.30.